The molecule has 0 amide bonds. The number of nitrogens with one attached hydrogen (secondary N) is 1. The van der Waals surface area contributed by atoms with E-state index in [2.05, 4.69) is 19.2 Å². The molecule has 1 aromatic carbocycles. The number of hydrogen-bond donors (Lipinski definition) is 2. The fourth-order valence-electron chi connectivity index (χ4n) is 1.71. The van der Waals surface area contributed by atoms with Gasteiger partial charge >= 0.3 is 5.97 Å². The summed E-state index contributed by atoms with van der Waals surface area (Å²) in [6, 6.07) is 7.47. The Balaban J connectivity index is 2.70. The molecule has 1 atom stereocenters. The van der Waals surface area contributed by atoms with Gasteiger partial charge in [-0.3, -0.25) is 0 Å². The van der Waals surface area contributed by atoms with Crippen LogP contribution in [0.5, 0.6) is 0 Å². The number of rotatable bonds is 6. The minimum absolute atomic E-state index is 0.495. The van der Waals surface area contributed by atoms with Gasteiger partial charge in [-0.15, -0.1) is 0 Å². The van der Waals surface area contributed by atoms with Crippen LogP contribution in [0.2, 0.25) is 0 Å². The van der Waals surface area contributed by atoms with E-state index in [0.717, 1.165) is 12.1 Å². The smallest absolute Gasteiger partial charge is 0.326 e. The monoisotopic (exact) mass is 235 g/mol. The normalized spacial score (nSPS) is 12.5. The molecule has 1 rings (SSSR count). The van der Waals surface area contributed by atoms with E-state index in [1.54, 1.807) is 0 Å². The topological polar surface area (TPSA) is 49.3 Å². The van der Waals surface area contributed by atoms with E-state index < -0.39 is 12.0 Å². The number of carboxylic acid groups (broad SMARTS) is 1. The number of aliphatic carboxylic acids is 1. The first-order valence-corrected chi connectivity index (χ1v) is 6.14. The van der Waals surface area contributed by atoms with Crippen LogP contribution in [0.4, 0.5) is 5.69 Å². The molecule has 1 aromatic rings. The summed E-state index contributed by atoms with van der Waals surface area (Å²) >= 11 is 0. The molecular weight excluding hydrogens is 214 g/mol. The highest BCUT2D eigenvalue weighted by atomic mass is 16.4. The van der Waals surface area contributed by atoms with Crippen molar-refractivity contribution in [3.05, 3.63) is 29.8 Å². The fourth-order valence-corrected chi connectivity index (χ4v) is 1.71. The quantitative estimate of drug-likeness (QED) is 0.793. The summed E-state index contributed by atoms with van der Waals surface area (Å²) in [5.41, 5.74) is 2.13. The average Bonchev–Trinajstić information content (AvgIpc) is 2.29. The van der Waals surface area contributed by atoms with Crippen LogP contribution in [-0.2, 0) is 4.79 Å². The van der Waals surface area contributed by atoms with Crippen LogP contribution in [0.3, 0.4) is 0 Å². The zero-order valence-electron chi connectivity index (χ0n) is 10.7. The van der Waals surface area contributed by atoms with Crippen LogP contribution in [0.25, 0.3) is 0 Å². The van der Waals surface area contributed by atoms with Gasteiger partial charge in [0.25, 0.3) is 0 Å². The summed E-state index contributed by atoms with van der Waals surface area (Å²) in [6.07, 6.45) is 1.50. The molecule has 1 unspecified atom stereocenters. The summed E-state index contributed by atoms with van der Waals surface area (Å²) in [7, 11) is 0. The minimum Gasteiger partial charge on any atom is -0.480 e. The Morgan fingerprint density at radius 3 is 2.29 bits per heavy atom. The molecule has 0 heterocycles. The van der Waals surface area contributed by atoms with Crippen molar-refractivity contribution in [1.82, 2.24) is 0 Å². The lowest BCUT2D eigenvalue weighted by Gasteiger charge is -2.15. The van der Waals surface area contributed by atoms with Crippen molar-refractivity contribution in [2.45, 2.75) is 45.6 Å². The lowest BCUT2D eigenvalue weighted by atomic mass is 10.0. The molecule has 94 valence electrons. The Labute approximate surface area is 103 Å². The molecule has 3 nitrogen and oxygen atoms in total. The number of anilines is 1. The van der Waals surface area contributed by atoms with Crippen LogP contribution >= 0.6 is 0 Å². The van der Waals surface area contributed by atoms with Crippen LogP contribution in [0.1, 0.15) is 45.1 Å². The van der Waals surface area contributed by atoms with Crippen molar-refractivity contribution in [2.75, 3.05) is 5.32 Å². The second-order valence-electron chi connectivity index (χ2n) is 4.60. The first-order valence-electron chi connectivity index (χ1n) is 6.14. The van der Waals surface area contributed by atoms with Crippen molar-refractivity contribution in [3.8, 4) is 0 Å². The molecule has 0 saturated heterocycles. The molecule has 0 radical (unpaired) electrons. The summed E-state index contributed by atoms with van der Waals surface area (Å²) < 4.78 is 0. The first kappa shape index (κ1) is 13.6. The van der Waals surface area contributed by atoms with Crippen molar-refractivity contribution < 1.29 is 9.90 Å². The number of carbonyl (C=O) groups is 1. The maximum absolute atomic E-state index is 11.0. The first-order chi connectivity index (χ1) is 8.04. The molecule has 0 aliphatic rings. The molecule has 0 bridgehead atoms. The zero-order chi connectivity index (χ0) is 12.8. The molecule has 2 N–H and O–H groups in total. The standard InChI is InChI=1S/C14H21NO2/c1-4-5-13(14(16)17)15-12-8-6-11(7-9-12)10(2)3/h6-10,13,15H,4-5H2,1-3H3,(H,16,17). The highest BCUT2D eigenvalue weighted by molar-refractivity contribution is 5.77. The third-order valence-electron chi connectivity index (χ3n) is 2.79. The maximum atomic E-state index is 11.0. The Morgan fingerprint density at radius 2 is 1.88 bits per heavy atom. The van der Waals surface area contributed by atoms with Crippen molar-refractivity contribution in [3.63, 3.8) is 0 Å². The highest BCUT2D eigenvalue weighted by Gasteiger charge is 2.15. The summed E-state index contributed by atoms with van der Waals surface area (Å²) in [4.78, 5) is 11.0. The van der Waals surface area contributed by atoms with E-state index in [9.17, 15) is 4.79 Å². The third-order valence-corrected chi connectivity index (χ3v) is 2.79. The maximum Gasteiger partial charge on any atom is 0.326 e. The van der Waals surface area contributed by atoms with Gasteiger partial charge in [0.2, 0.25) is 0 Å². The molecule has 3 heteroatoms. The van der Waals surface area contributed by atoms with Gasteiger partial charge in [0, 0.05) is 5.69 Å². The van der Waals surface area contributed by atoms with Crippen LogP contribution in [0.15, 0.2) is 24.3 Å². The second kappa shape index (κ2) is 6.28. The molecule has 0 spiro atoms. The van der Waals surface area contributed by atoms with Gasteiger partial charge in [0.15, 0.2) is 0 Å². The molecule has 0 aliphatic carbocycles. The van der Waals surface area contributed by atoms with E-state index in [4.69, 9.17) is 5.11 Å². The summed E-state index contributed by atoms with van der Waals surface area (Å²) in [6.45, 7) is 6.26. The Kier molecular flexibility index (Phi) is 5.01. The average molecular weight is 235 g/mol. The predicted molar refractivity (Wildman–Crippen MR) is 70.5 cm³/mol. The third kappa shape index (κ3) is 4.10. The second-order valence-corrected chi connectivity index (χ2v) is 4.60. The highest BCUT2D eigenvalue weighted by Crippen LogP contribution is 2.18. The number of hydrogen-bond acceptors (Lipinski definition) is 2. The minimum atomic E-state index is -0.792. The zero-order valence-corrected chi connectivity index (χ0v) is 10.7. The molecule has 0 aliphatic heterocycles. The summed E-state index contributed by atoms with van der Waals surface area (Å²) in [5.74, 6) is -0.297. The van der Waals surface area contributed by atoms with Gasteiger partial charge < -0.3 is 10.4 Å². The molecule has 0 fully saturated rings. The van der Waals surface area contributed by atoms with Crippen LogP contribution in [0, 0.1) is 0 Å². The lowest BCUT2D eigenvalue weighted by Crippen LogP contribution is -2.28. The Bertz CT molecular complexity index is 357. The molecule has 0 saturated carbocycles. The molecule has 17 heavy (non-hydrogen) atoms. The van der Waals surface area contributed by atoms with E-state index in [0.29, 0.717) is 12.3 Å². The number of carboxylic acids is 1. The van der Waals surface area contributed by atoms with Crippen molar-refractivity contribution in [1.29, 1.82) is 0 Å². The lowest BCUT2D eigenvalue weighted by molar-refractivity contribution is -0.138. The van der Waals surface area contributed by atoms with Crippen LogP contribution in [-0.4, -0.2) is 17.1 Å². The van der Waals surface area contributed by atoms with Crippen molar-refractivity contribution >= 4 is 11.7 Å². The van der Waals surface area contributed by atoms with Crippen LogP contribution < -0.4 is 5.32 Å². The van der Waals surface area contributed by atoms with E-state index in [-0.39, 0.29) is 0 Å². The van der Waals surface area contributed by atoms with Gasteiger partial charge in [0.1, 0.15) is 6.04 Å². The SMILES string of the molecule is CCCC(Nc1ccc(C(C)C)cc1)C(=O)O. The molecular formula is C14H21NO2. The molecule has 0 aromatic heterocycles. The van der Waals surface area contributed by atoms with E-state index >= 15 is 0 Å². The van der Waals surface area contributed by atoms with Gasteiger partial charge in [-0.05, 0) is 30.0 Å². The summed E-state index contributed by atoms with van der Waals surface area (Å²) in [5, 5.41) is 12.1. The van der Waals surface area contributed by atoms with Gasteiger partial charge in [-0.2, -0.15) is 0 Å². The largest absolute Gasteiger partial charge is 0.480 e. The number of benzene rings is 1. The van der Waals surface area contributed by atoms with E-state index in [1.807, 2.05) is 31.2 Å². The van der Waals surface area contributed by atoms with Gasteiger partial charge in [-0.25, -0.2) is 4.79 Å². The predicted octanol–water partition coefficient (Wildman–Crippen LogP) is 3.48. The van der Waals surface area contributed by atoms with Gasteiger partial charge in [-0.1, -0.05) is 39.3 Å². The van der Waals surface area contributed by atoms with Crippen molar-refractivity contribution in [2.24, 2.45) is 0 Å². The Morgan fingerprint density at radius 1 is 1.29 bits per heavy atom. The van der Waals surface area contributed by atoms with Gasteiger partial charge in [0.05, 0.1) is 0 Å². The Hall–Kier alpha value is -1.51. The van der Waals surface area contributed by atoms with E-state index in [1.165, 1.54) is 5.56 Å². The fraction of sp³-hybridized carbons (Fsp3) is 0.500.